The monoisotopic (exact) mass is 362 g/mol. The maximum atomic E-state index is 5.63. The number of methoxy groups -OCH3 is 1. The molecule has 1 spiro atoms. The summed E-state index contributed by atoms with van der Waals surface area (Å²) < 4.78 is 16.7. The third-order valence-electron chi connectivity index (χ3n) is 6.92. The summed E-state index contributed by atoms with van der Waals surface area (Å²) in [5, 5.41) is 0. The van der Waals surface area contributed by atoms with Crippen LogP contribution >= 0.6 is 0 Å². The predicted molar refractivity (Wildman–Crippen MR) is 101 cm³/mol. The first kappa shape index (κ1) is 18.5. The number of nitrogens with zero attached hydrogens (tertiary/aromatic N) is 2. The summed E-state index contributed by atoms with van der Waals surface area (Å²) >= 11 is 0. The molecule has 3 fully saturated rings. The Morgan fingerprint density at radius 2 is 2.00 bits per heavy atom. The second-order valence-corrected chi connectivity index (χ2v) is 8.62. The van der Waals surface area contributed by atoms with Crippen LogP contribution in [0.1, 0.15) is 31.4 Å². The minimum Gasteiger partial charge on any atom is -0.468 e. The number of ether oxygens (including phenoxy) is 2. The van der Waals surface area contributed by atoms with Crippen LogP contribution in [0.4, 0.5) is 0 Å². The van der Waals surface area contributed by atoms with Crippen molar-refractivity contribution in [1.82, 2.24) is 9.80 Å². The Hall–Kier alpha value is -0.880. The SMILES string of the molecule is COC[C@H]1CN(CC2CCOCC2)CC12CCN(Cc1ccco1)CC2. The van der Waals surface area contributed by atoms with E-state index >= 15 is 0 Å². The Morgan fingerprint density at radius 3 is 2.69 bits per heavy atom. The van der Waals surface area contributed by atoms with Crippen molar-refractivity contribution in [3.8, 4) is 0 Å². The van der Waals surface area contributed by atoms with Crippen molar-refractivity contribution in [2.45, 2.75) is 32.2 Å². The lowest BCUT2D eigenvalue weighted by Crippen LogP contribution is -2.45. The lowest BCUT2D eigenvalue weighted by atomic mass is 9.71. The van der Waals surface area contributed by atoms with Gasteiger partial charge in [-0.25, -0.2) is 0 Å². The van der Waals surface area contributed by atoms with E-state index in [1.165, 1.54) is 58.4 Å². The van der Waals surface area contributed by atoms with Gasteiger partial charge in [0.2, 0.25) is 0 Å². The smallest absolute Gasteiger partial charge is 0.117 e. The quantitative estimate of drug-likeness (QED) is 0.778. The van der Waals surface area contributed by atoms with Gasteiger partial charge in [0.05, 0.1) is 19.4 Å². The Bertz CT molecular complexity index is 533. The minimum atomic E-state index is 0.445. The molecule has 0 saturated carbocycles. The first-order valence-electron chi connectivity index (χ1n) is 10.3. The molecule has 3 saturated heterocycles. The zero-order valence-electron chi connectivity index (χ0n) is 16.2. The molecule has 0 radical (unpaired) electrons. The third kappa shape index (κ3) is 4.16. The summed E-state index contributed by atoms with van der Waals surface area (Å²) in [4.78, 5) is 5.29. The molecule has 3 aliphatic rings. The summed E-state index contributed by atoms with van der Waals surface area (Å²) in [6.45, 7) is 9.82. The maximum absolute atomic E-state index is 5.63. The molecule has 4 heterocycles. The van der Waals surface area contributed by atoms with Crippen LogP contribution < -0.4 is 0 Å². The van der Waals surface area contributed by atoms with Gasteiger partial charge in [-0.05, 0) is 62.2 Å². The minimum absolute atomic E-state index is 0.445. The summed E-state index contributed by atoms with van der Waals surface area (Å²) in [6, 6.07) is 4.07. The number of rotatable bonds is 6. The van der Waals surface area contributed by atoms with Gasteiger partial charge in [-0.15, -0.1) is 0 Å². The second kappa shape index (κ2) is 8.42. The normalized spacial score (nSPS) is 28.1. The highest BCUT2D eigenvalue weighted by molar-refractivity contribution is 5.02. The summed E-state index contributed by atoms with van der Waals surface area (Å²) in [5.74, 6) is 2.58. The molecule has 0 N–H and O–H groups in total. The average molecular weight is 363 g/mol. The summed E-state index contributed by atoms with van der Waals surface area (Å²) in [6.07, 6.45) is 6.81. The third-order valence-corrected chi connectivity index (χ3v) is 6.92. The molecule has 4 rings (SSSR count). The Labute approximate surface area is 157 Å². The lowest BCUT2D eigenvalue weighted by molar-refractivity contribution is 0.0318. The number of hydrogen-bond acceptors (Lipinski definition) is 5. The number of furan rings is 1. The molecule has 5 heteroatoms. The van der Waals surface area contributed by atoms with E-state index < -0.39 is 0 Å². The van der Waals surface area contributed by atoms with Crippen molar-refractivity contribution < 1.29 is 13.9 Å². The number of hydrogen-bond donors (Lipinski definition) is 0. The number of piperidine rings is 1. The van der Waals surface area contributed by atoms with Crippen molar-refractivity contribution in [3.63, 3.8) is 0 Å². The van der Waals surface area contributed by atoms with Crippen LogP contribution in [0, 0.1) is 17.3 Å². The molecule has 1 atom stereocenters. The van der Waals surface area contributed by atoms with Crippen LogP contribution in [-0.4, -0.2) is 69.5 Å². The molecule has 0 amide bonds. The first-order chi connectivity index (χ1) is 12.8. The Kier molecular flexibility index (Phi) is 5.99. The van der Waals surface area contributed by atoms with Crippen molar-refractivity contribution in [3.05, 3.63) is 24.2 Å². The summed E-state index contributed by atoms with van der Waals surface area (Å²) in [5.41, 5.74) is 0.445. The topological polar surface area (TPSA) is 38.1 Å². The van der Waals surface area contributed by atoms with Crippen LogP contribution in [0.2, 0.25) is 0 Å². The van der Waals surface area contributed by atoms with Gasteiger partial charge in [0.1, 0.15) is 5.76 Å². The van der Waals surface area contributed by atoms with E-state index in [9.17, 15) is 0 Å². The van der Waals surface area contributed by atoms with Gasteiger partial charge in [-0.3, -0.25) is 4.90 Å². The van der Waals surface area contributed by atoms with E-state index in [0.29, 0.717) is 11.3 Å². The number of likely N-dealkylation sites (tertiary alicyclic amines) is 2. The molecule has 0 unspecified atom stereocenters. The van der Waals surface area contributed by atoms with Crippen molar-refractivity contribution in [2.75, 3.05) is 59.7 Å². The van der Waals surface area contributed by atoms with E-state index in [-0.39, 0.29) is 0 Å². The van der Waals surface area contributed by atoms with Crippen LogP contribution in [0.3, 0.4) is 0 Å². The fourth-order valence-corrected chi connectivity index (χ4v) is 5.35. The molecular formula is C21H34N2O3. The molecular weight excluding hydrogens is 328 g/mol. The zero-order valence-corrected chi connectivity index (χ0v) is 16.2. The molecule has 0 aliphatic carbocycles. The molecule has 0 bridgehead atoms. The molecule has 3 aliphatic heterocycles. The standard InChI is InChI=1S/C21H34N2O3/c1-24-16-19-14-23(13-18-4-11-25-12-5-18)17-21(19)6-8-22(9-7-21)15-20-3-2-10-26-20/h2-3,10,18-19H,4-9,11-17H2,1H3/t19-/m1/s1. The molecule has 5 nitrogen and oxygen atoms in total. The lowest BCUT2D eigenvalue weighted by Gasteiger charge is -2.42. The van der Waals surface area contributed by atoms with Gasteiger partial charge in [0.15, 0.2) is 0 Å². The van der Waals surface area contributed by atoms with Crippen molar-refractivity contribution in [1.29, 1.82) is 0 Å². The second-order valence-electron chi connectivity index (χ2n) is 8.62. The van der Waals surface area contributed by atoms with Gasteiger partial charge < -0.3 is 18.8 Å². The Balaban J connectivity index is 1.34. The highest BCUT2D eigenvalue weighted by atomic mass is 16.5. The van der Waals surface area contributed by atoms with E-state index in [4.69, 9.17) is 13.9 Å². The van der Waals surface area contributed by atoms with Gasteiger partial charge >= 0.3 is 0 Å². The van der Waals surface area contributed by atoms with Crippen LogP contribution in [0.5, 0.6) is 0 Å². The first-order valence-corrected chi connectivity index (χ1v) is 10.3. The molecule has 146 valence electrons. The van der Waals surface area contributed by atoms with E-state index in [1.807, 2.05) is 13.2 Å². The molecule has 0 aromatic carbocycles. The van der Waals surface area contributed by atoms with E-state index in [2.05, 4.69) is 15.9 Å². The predicted octanol–water partition coefficient (Wildman–Crippen LogP) is 2.87. The molecule has 1 aromatic rings. The van der Waals surface area contributed by atoms with Gasteiger partial charge in [-0.1, -0.05) is 0 Å². The fourth-order valence-electron chi connectivity index (χ4n) is 5.35. The van der Waals surface area contributed by atoms with Gasteiger partial charge in [-0.2, -0.15) is 0 Å². The largest absolute Gasteiger partial charge is 0.468 e. The highest BCUT2D eigenvalue weighted by Crippen LogP contribution is 2.45. The van der Waals surface area contributed by atoms with Gasteiger partial charge in [0, 0.05) is 45.9 Å². The zero-order chi connectivity index (χ0) is 17.8. The van der Waals surface area contributed by atoms with Gasteiger partial charge in [0.25, 0.3) is 0 Å². The van der Waals surface area contributed by atoms with Crippen LogP contribution in [-0.2, 0) is 16.0 Å². The highest BCUT2D eigenvalue weighted by Gasteiger charge is 2.48. The molecule has 1 aromatic heterocycles. The average Bonchev–Trinajstić information content (AvgIpc) is 3.27. The Morgan fingerprint density at radius 1 is 1.19 bits per heavy atom. The molecule has 26 heavy (non-hydrogen) atoms. The van der Waals surface area contributed by atoms with E-state index in [0.717, 1.165) is 38.0 Å². The van der Waals surface area contributed by atoms with Crippen LogP contribution in [0.25, 0.3) is 0 Å². The fraction of sp³-hybridized carbons (Fsp3) is 0.810. The van der Waals surface area contributed by atoms with Crippen molar-refractivity contribution in [2.24, 2.45) is 17.3 Å². The van der Waals surface area contributed by atoms with Crippen LogP contribution in [0.15, 0.2) is 22.8 Å². The maximum Gasteiger partial charge on any atom is 0.117 e. The van der Waals surface area contributed by atoms with Crippen molar-refractivity contribution >= 4 is 0 Å². The summed E-state index contributed by atoms with van der Waals surface area (Å²) in [7, 11) is 1.86. The van der Waals surface area contributed by atoms with E-state index in [1.54, 1.807) is 6.26 Å².